The van der Waals surface area contributed by atoms with E-state index in [9.17, 15) is 10.3 Å². The van der Waals surface area contributed by atoms with E-state index >= 15 is 0 Å². The Kier molecular flexibility index (Phi) is 4.26. The van der Waals surface area contributed by atoms with E-state index < -0.39 is 17.7 Å². The average Bonchev–Trinajstić information content (AvgIpc) is 3.00. The van der Waals surface area contributed by atoms with Gasteiger partial charge in [-0.1, -0.05) is 31.8 Å². The van der Waals surface area contributed by atoms with Gasteiger partial charge < -0.3 is 29.3 Å². The zero-order chi connectivity index (χ0) is 20.8. The summed E-state index contributed by atoms with van der Waals surface area (Å²) < 4.78 is 25.5. The lowest BCUT2D eigenvalue weighted by molar-refractivity contribution is -0.474. The molecule has 4 saturated carbocycles. The highest BCUT2D eigenvalue weighted by atomic mass is 16.8. The minimum atomic E-state index is -0.924. The number of nitrogens with zero attached hydrogens (tertiary/aromatic N) is 1. The molecule has 0 aromatic carbocycles. The van der Waals surface area contributed by atoms with Crippen LogP contribution in [0.1, 0.15) is 58.8 Å². The van der Waals surface area contributed by atoms with Crippen molar-refractivity contribution in [2.45, 2.75) is 76.5 Å². The maximum atomic E-state index is 11.6. The lowest BCUT2D eigenvalue weighted by atomic mass is 9.44. The third kappa shape index (κ3) is 2.12. The smallest absolute Gasteiger partial charge is 0.229 e. The second-order valence-corrected chi connectivity index (χ2v) is 11.0. The van der Waals surface area contributed by atoms with Crippen molar-refractivity contribution in [3.05, 3.63) is 0 Å². The number of aliphatic hydroxyl groups excluding tert-OH is 1. The number of hydrogen-bond donors (Lipinski definition) is 2. The Morgan fingerprint density at radius 3 is 2.30 bits per heavy atom. The van der Waals surface area contributed by atoms with Gasteiger partial charge in [0.15, 0.2) is 0 Å². The summed E-state index contributed by atoms with van der Waals surface area (Å²) in [5.74, 6) is -1.18. The first kappa shape index (κ1) is 19.9. The number of oxime groups is 1. The highest BCUT2D eigenvalue weighted by molar-refractivity contribution is 5.92. The Morgan fingerprint density at radius 2 is 1.60 bits per heavy atom. The topological polar surface area (TPSA) is 89.7 Å². The van der Waals surface area contributed by atoms with Crippen LogP contribution in [0.2, 0.25) is 0 Å². The van der Waals surface area contributed by atoms with E-state index in [-0.39, 0.29) is 28.6 Å². The lowest BCUT2D eigenvalue weighted by Gasteiger charge is -2.62. The molecule has 7 atom stereocenters. The summed E-state index contributed by atoms with van der Waals surface area (Å²) in [6, 6.07) is 0. The Hall–Kier alpha value is -0.730. The van der Waals surface area contributed by atoms with Crippen LogP contribution in [-0.4, -0.2) is 60.1 Å². The molecule has 4 aliphatic carbocycles. The standard InChI is InChI=1S/C23H35NO6/c1-20-7-4-3-5-15(20)18(24-26)19(25)17-14(20)6-8-21(2)16(17)13-22-23(21,29-11-9-27-22)30-12-10-28-22/h14-17,19,25-26H,3-13H2,1-2H3/b24-18+/t14-,15?,16-,17+,19-,20+,21-,22?,23?/m0/s1. The first-order valence-electron chi connectivity index (χ1n) is 11.9. The van der Waals surface area contributed by atoms with E-state index in [1.807, 2.05) is 0 Å². The Morgan fingerprint density at radius 1 is 0.900 bits per heavy atom. The molecule has 2 saturated heterocycles. The van der Waals surface area contributed by atoms with Gasteiger partial charge in [0.25, 0.3) is 0 Å². The largest absolute Gasteiger partial charge is 0.411 e. The average molecular weight is 422 g/mol. The van der Waals surface area contributed by atoms with Crippen LogP contribution in [0.25, 0.3) is 0 Å². The SMILES string of the molecule is C[C@]12CCCCC1/C(=N\O)[C@@H](O)[C@@H]1[C@@H]2CC[C@@]2(C)[C@H]1CC13OCCOC12OCCO3. The third-order valence-corrected chi connectivity index (χ3v) is 10.2. The van der Waals surface area contributed by atoms with Crippen molar-refractivity contribution in [2.24, 2.45) is 39.7 Å². The molecule has 6 fully saturated rings. The summed E-state index contributed by atoms with van der Waals surface area (Å²) in [7, 11) is 0. The van der Waals surface area contributed by atoms with Gasteiger partial charge in [0.2, 0.25) is 11.6 Å². The molecule has 7 heteroatoms. The molecule has 1 unspecified atom stereocenters. The second-order valence-electron chi connectivity index (χ2n) is 11.0. The van der Waals surface area contributed by atoms with Crippen LogP contribution < -0.4 is 0 Å². The normalized spacial score (nSPS) is 58.9. The third-order valence-electron chi connectivity index (χ3n) is 10.2. The van der Waals surface area contributed by atoms with Crippen LogP contribution in [0.4, 0.5) is 0 Å². The summed E-state index contributed by atoms with van der Waals surface area (Å²) in [5.41, 5.74) is 0.330. The quantitative estimate of drug-likeness (QED) is 0.462. The Labute approximate surface area is 178 Å². The molecule has 2 heterocycles. The highest BCUT2D eigenvalue weighted by Gasteiger charge is 2.80. The van der Waals surface area contributed by atoms with Gasteiger partial charge in [-0.2, -0.15) is 0 Å². The monoisotopic (exact) mass is 421 g/mol. The van der Waals surface area contributed by atoms with Gasteiger partial charge in [0.05, 0.1) is 38.2 Å². The van der Waals surface area contributed by atoms with Crippen molar-refractivity contribution in [2.75, 3.05) is 26.4 Å². The predicted molar refractivity (Wildman–Crippen MR) is 107 cm³/mol. The Bertz CT molecular complexity index is 744. The first-order valence-corrected chi connectivity index (χ1v) is 11.9. The Balaban J connectivity index is 1.47. The van der Waals surface area contributed by atoms with Gasteiger partial charge in [-0.25, -0.2) is 0 Å². The molecule has 7 nitrogen and oxygen atoms in total. The number of aliphatic hydroxyl groups is 1. The van der Waals surface area contributed by atoms with Crippen molar-refractivity contribution in [3.8, 4) is 0 Å². The zero-order valence-electron chi connectivity index (χ0n) is 18.1. The molecule has 0 radical (unpaired) electrons. The lowest BCUT2D eigenvalue weighted by Crippen LogP contribution is -2.70. The molecule has 6 aliphatic rings. The fourth-order valence-corrected chi connectivity index (χ4v) is 8.92. The summed E-state index contributed by atoms with van der Waals surface area (Å²) >= 11 is 0. The van der Waals surface area contributed by atoms with Gasteiger partial charge in [-0.15, -0.1) is 0 Å². The molecule has 0 aromatic heterocycles. The van der Waals surface area contributed by atoms with Crippen LogP contribution >= 0.6 is 0 Å². The molecule has 0 spiro atoms. The van der Waals surface area contributed by atoms with Crippen molar-refractivity contribution in [1.29, 1.82) is 0 Å². The van der Waals surface area contributed by atoms with Crippen molar-refractivity contribution < 1.29 is 29.3 Å². The van der Waals surface area contributed by atoms with Gasteiger partial charge in [0.1, 0.15) is 0 Å². The number of fused-ring (bicyclic) bond motifs is 5. The molecule has 2 N–H and O–H groups in total. The zero-order valence-corrected chi connectivity index (χ0v) is 18.1. The van der Waals surface area contributed by atoms with Crippen LogP contribution in [0.5, 0.6) is 0 Å². The van der Waals surface area contributed by atoms with Gasteiger partial charge in [-0.3, -0.25) is 0 Å². The maximum Gasteiger partial charge on any atom is 0.229 e. The van der Waals surface area contributed by atoms with E-state index in [4.69, 9.17) is 18.9 Å². The summed E-state index contributed by atoms with van der Waals surface area (Å²) in [5, 5.41) is 25.2. The molecular weight excluding hydrogens is 386 g/mol. The molecular formula is C23H35NO6. The van der Waals surface area contributed by atoms with Crippen molar-refractivity contribution in [3.63, 3.8) is 0 Å². The van der Waals surface area contributed by atoms with E-state index in [1.165, 1.54) is 6.42 Å². The molecule has 30 heavy (non-hydrogen) atoms. The fraction of sp³-hybridized carbons (Fsp3) is 0.957. The molecule has 168 valence electrons. The molecule has 0 aromatic rings. The highest BCUT2D eigenvalue weighted by Crippen LogP contribution is 2.72. The second kappa shape index (κ2) is 6.41. The molecule has 0 bridgehead atoms. The van der Waals surface area contributed by atoms with Crippen LogP contribution in [0.3, 0.4) is 0 Å². The van der Waals surface area contributed by atoms with E-state index in [0.29, 0.717) is 44.5 Å². The van der Waals surface area contributed by atoms with Crippen LogP contribution in [0, 0.1) is 34.5 Å². The molecule has 6 rings (SSSR count). The maximum absolute atomic E-state index is 11.6. The summed E-state index contributed by atoms with van der Waals surface area (Å²) in [4.78, 5) is 0. The van der Waals surface area contributed by atoms with Gasteiger partial charge in [-0.05, 0) is 48.9 Å². The van der Waals surface area contributed by atoms with Gasteiger partial charge >= 0.3 is 0 Å². The number of hydrogen-bond acceptors (Lipinski definition) is 7. The first-order chi connectivity index (χ1) is 14.4. The van der Waals surface area contributed by atoms with Crippen molar-refractivity contribution in [1.82, 2.24) is 0 Å². The van der Waals surface area contributed by atoms with Crippen LogP contribution in [-0.2, 0) is 18.9 Å². The molecule has 2 aliphatic heterocycles. The van der Waals surface area contributed by atoms with Crippen LogP contribution in [0.15, 0.2) is 5.16 Å². The van der Waals surface area contributed by atoms with E-state index in [1.54, 1.807) is 0 Å². The molecule has 0 amide bonds. The predicted octanol–water partition coefficient (Wildman–Crippen LogP) is 2.93. The minimum Gasteiger partial charge on any atom is -0.411 e. The van der Waals surface area contributed by atoms with E-state index in [0.717, 1.165) is 32.1 Å². The minimum absolute atomic E-state index is 0.00847. The number of rotatable bonds is 0. The summed E-state index contributed by atoms with van der Waals surface area (Å²) in [6.07, 6.45) is 6.38. The fourth-order valence-electron chi connectivity index (χ4n) is 8.92. The van der Waals surface area contributed by atoms with E-state index in [2.05, 4.69) is 19.0 Å². The van der Waals surface area contributed by atoms with Gasteiger partial charge in [0, 0.05) is 17.8 Å². The van der Waals surface area contributed by atoms with Crippen molar-refractivity contribution >= 4 is 5.71 Å². The number of ether oxygens (including phenoxy) is 4. The summed E-state index contributed by atoms with van der Waals surface area (Å²) in [6.45, 7) is 6.60.